The summed E-state index contributed by atoms with van der Waals surface area (Å²) in [6.07, 6.45) is 6.81. The molecule has 0 spiro atoms. The van der Waals surface area contributed by atoms with Crippen molar-refractivity contribution in [2.45, 2.75) is 58.2 Å². The second-order valence-electron chi connectivity index (χ2n) is 6.18. The Hall–Kier alpha value is -0.513. The minimum absolute atomic E-state index is 1.11. The first kappa shape index (κ1) is 17.5. The van der Waals surface area contributed by atoms with Crippen molar-refractivity contribution in [3.8, 4) is 0 Å². The minimum atomic E-state index is -1.45. The first-order valence-corrected chi connectivity index (χ1v) is 10.4. The number of hydrogen-bond acceptors (Lipinski definition) is 1. The summed E-state index contributed by atoms with van der Waals surface area (Å²) < 4.78 is 5.03. The van der Waals surface area contributed by atoms with Gasteiger partial charge in [-0.1, -0.05) is 39.0 Å². The van der Waals surface area contributed by atoms with Crippen molar-refractivity contribution in [2.75, 3.05) is 28.2 Å². The summed E-state index contributed by atoms with van der Waals surface area (Å²) in [7, 11) is 6.85. The lowest BCUT2D eigenvalue weighted by molar-refractivity contribution is 0.485. The van der Waals surface area contributed by atoms with Crippen molar-refractivity contribution >= 4 is 14.2 Å². The zero-order chi connectivity index (χ0) is 14.2. The van der Waals surface area contributed by atoms with Crippen LogP contribution in [0.4, 0.5) is 0 Å². The highest BCUT2D eigenvalue weighted by molar-refractivity contribution is 6.76. The van der Waals surface area contributed by atoms with E-state index >= 15 is 0 Å². The van der Waals surface area contributed by atoms with Gasteiger partial charge in [-0.3, -0.25) is 4.66 Å². The SMILES string of the molecule is CCCCCCC[Si](C)(C)N=C(N(C)C)N(C)C. The molecule has 0 fully saturated rings. The lowest BCUT2D eigenvalue weighted by atomic mass is 10.2. The molecule has 0 aliphatic heterocycles. The van der Waals surface area contributed by atoms with Crippen LogP contribution < -0.4 is 0 Å². The van der Waals surface area contributed by atoms with Gasteiger partial charge in [-0.15, -0.1) is 0 Å². The highest BCUT2D eigenvalue weighted by atomic mass is 28.3. The van der Waals surface area contributed by atoms with E-state index in [2.05, 4.69) is 58.0 Å². The van der Waals surface area contributed by atoms with E-state index < -0.39 is 8.24 Å². The third-order valence-corrected chi connectivity index (χ3v) is 5.48. The van der Waals surface area contributed by atoms with Gasteiger partial charge >= 0.3 is 0 Å². The molecular weight excluding hydrogens is 238 g/mol. The van der Waals surface area contributed by atoms with Crippen LogP contribution in [-0.4, -0.2) is 52.2 Å². The molecule has 0 saturated carbocycles. The fourth-order valence-corrected chi connectivity index (χ4v) is 4.26. The van der Waals surface area contributed by atoms with E-state index in [0.29, 0.717) is 0 Å². The normalized spacial score (nSPS) is 11.3. The van der Waals surface area contributed by atoms with Crippen molar-refractivity contribution in [1.82, 2.24) is 9.80 Å². The highest BCUT2D eigenvalue weighted by Gasteiger charge is 2.21. The molecule has 0 radical (unpaired) electrons. The molecule has 0 bridgehead atoms. The molecule has 3 nitrogen and oxygen atoms in total. The molecule has 108 valence electrons. The average molecular weight is 272 g/mol. The number of guanidine groups is 1. The van der Waals surface area contributed by atoms with Crippen LogP contribution in [0.25, 0.3) is 0 Å². The molecule has 18 heavy (non-hydrogen) atoms. The predicted molar refractivity (Wildman–Crippen MR) is 85.9 cm³/mol. The van der Waals surface area contributed by atoms with Gasteiger partial charge in [0.15, 0.2) is 14.2 Å². The molecule has 0 heterocycles. The zero-order valence-corrected chi connectivity index (χ0v) is 14.6. The Balaban J connectivity index is 4.29. The summed E-state index contributed by atoms with van der Waals surface area (Å²) >= 11 is 0. The van der Waals surface area contributed by atoms with Gasteiger partial charge in [0.2, 0.25) is 0 Å². The maximum absolute atomic E-state index is 5.03. The molecule has 4 heteroatoms. The van der Waals surface area contributed by atoms with Crippen molar-refractivity contribution in [2.24, 2.45) is 4.66 Å². The van der Waals surface area contributed by atoms with E-state index in [1.165, 1.54) is 38.1 Å². The van der Waals surface area contributed by atoms with Crippen LogP contribution in [0.1, 0.15) is 39.0 Å². The summed E-state index contributed by atoms with van der Waals surface area (Å²) in [5.41, 5.74) is 0. The van der Waals surface area contributed by atoms with Crippen molar-refractivity contribution in [3.05, 3.63) is 0 Å². The van der Waals surface area contributed by atoms with Crippen LogP contribution in [0.3, 0.4) is 0 Å². The monoisotopic (exact) mass is 271 g/mol. The average Bonchev–Trinajstić information content (AvgIpc) is 2.25. The van der Waals surface area contributed by atoms with Gasteiger partial charge in [0.25, 0.3) is 0 Å². The third-order valence-electron chi connectivity index (χ3n) is 3.09. The first-order chi connectivity index (χ1) is 8.30. The lowest BCUT2D eigenvalue weighted by Crippen LogP contribution is -2.39. The maximum Gasteiger partial charge on any atom is 0.186 e. The molecule has 0 saturated heterocycles. The largest absolute Gasteiger partial charge is 0.350 e. The Labute approximate surface area is 115 Å². The summed E-state index contributed by atoms with van der Waals surface area (Å²) in [5, 5.41) is 0. The van der Waals surface area contributed by atoms with E-state index in [9.17, 15) is 0 Å². The van der Waals surface area contributed by atoms with E-state index in [-0.39, 0.29) is 0 Å². The van der Waals surface area contributed by atoms with Crippen LogP contribution in [0.15, 0.2) is 4.66 Å². The Bertz CT molecular complexity index is 237. The molecule has 0 amide bonds. The summed E-state index contributed by atoms with van der Waals surface area (Å²) in [6, 6.07) is 1.31. The molecule has 0 atom stereocenters. The van der Waals surface area contributed by atoms with Crippen LogP contribution in [0, 0.1) is 0 Å². The van der Waals surface area contributed by atoms with E-state index in [0.717, 1.165) is 5.96 Å². The Morgan fingerprint density at radius 1 is 0.889 bits per heavy atom. The van der Waals surface area contributed by atoms with Crippen molar-refractivity contribution < 1.29 is 0 Å². The molecule has 0 aromatic heterocycles. The molecule has 0 aromatic rings. The molecular formula is C14H33N3Si. The quantitative estimate of drug-likeness (QED) is 0.305. The molecule has 0 N–H and O–H groups in total. The van der Waals surface area contributed by atoms with Gasteiger partial charge in [0.05, 0.1) is 0 Å². The summed E-state index contributed by atoms with van der Waals surface area (Å²) in [5.74, 6) is 1.11. The maximum atomic E-state index is 5.03. The first-order valence-electron chi connectivity index (χ1n) is 7.24. The smallest absolute Gasteiger partial charge is 0.186 e. The minimum Gasteiger partial charge on any atom is -0.350 e. The number of hydrogen-bond donors (Lipinski definition) is 0. The van der Waals surface area contributed by atoms with Gasteiger partial charge in [-0.2, -0.15) is 0 Å². The third kappa shape index (κ3) is 7.74. The lowest BCUT2D eigenvalue weighted by Gasteiger charge is -2.27. The number of nitrogens with zero attached hydrogens (tertiary/aromatic N) is 3. The van der Waals surface area contributed by atoms with Gasteiger partial charge in [-0.05, 0) is 19.1 Å². The van der Waals surface area contributed by atoms with Crippen LogP contribution >= 0.6 is 0 Å². The Kier molecular flexibility index (Phi) is 8.32. The fraction of sp³-hybridized carbons (Fsp3) is 0.929. The fourth-order valence-electron chi connectivity index (χ4n) is 2.09. The molecule has 0 aromatic carbocycles. The van der Waals surface area contributed by atoms with Crippen LogP contribution in [0.2, 0.25) is 19.1 Å². The van der Waals surface area contributed by atoms with Gasteiger partial charge < -0.3 is 9.80 Å². The standard InChI is InChI=1S/C14H33N3Si/c1-8-9-10-11-12-13-18(6,7)15-14(16(2)3)17(4)5/h8-13H2,1-7H3. The zero-order valence-electron chi connectivity index (χ0n) is 13.6. The second-order valence-corrected chi connectivity index (χ2v) is 10.5. The highest BCUT2D eigenvalue weighted by Crippen LogP contribution is 2.17. The van der Waals surface area contributed by atoms with Crippen LogP contribution in [0.5, 0.6) is 0 Å². The van der Waals surface area contributed by atoms with E-state index in [4.69, 9.17) is 4.66 Å². The molecule has 0 aliphatic carbocycles. The molecule has 0 unspecified atom stereocenters. The van der Waals surface area contributed by atoms with E-state index in [1.54, 1.807) is 0 Å². The van der Waals surface area contributed by atoms with Crippen LogP contribution in [-0.2, 0) is 0 Å². The van der Waals surface area contributed by atoms with Gasteiger partial charge in [0.1, 0.15) is 0 Å². The topological polar surface area (TPSA) is 18.8 Å². The summed E-state index contributed by atoms with van der Waals surface area (Å²) in [6.45, 7) is 7.02. The Morgan fingerprint density at radius 2 is 1.39 bits per heavy atom. The van der Waals surface area contributed by atoms with Gasteiger partial charge in [0, 0.05) is 28.2 Å². The molecule has 0 rings (SSSR count). The van der Waals surface area contributed by atoms with Crippen molar-refractivity contribution in [3.63, 3.8) is 0 Å². The second kappa shape index (κ2) is 8.56. The Morgan fingerprint density at radius 3 is 1.83 bits per heavy atom. The van der Waals surface area contributed by atoms with Gasteiger partial charge in [-0.25, -0.2) is 0 Å². The number of unbranched alkanes of at least 4 members (excludes halogenated alkanes) is 4. The number of rotatable bonds is 7. The molecule has 0 aliphatic rings. The van der Waals surface area contributed by atoms with E-state index in [1.807, 2.05) is 0 Å². The van der Waals surface area contributed by atoms with Crippen molar-refractivity contribution in [1.29, 1.82) is 0 Å². The summed E-state index contributed by atoms with van der Waals surface area (Å²) in [4.78, 5) is 4.23. The predicted octanol–water partition coefficient (Wildman–Crippen LogP) is 3.64.